The highest BCUT2D eigenvalue weighted by Crippen LogP contribution is 2.47. The monoisotopic (exact) mass is 532 g/mol. The minimum absolute atomic E-state index is 0.146. The summed E-state index contributed by atoms with van der Waals surface area (Å²) in [5.41, 5.74) is 6.69. The molecule has 3 N–H and O–H groups in total. The van der Waals surface area contributed by atoms with Crippen LogP contribution in [0.4, 0.5) is 0 Å². The molecule has 1 aliphatic heterocycles. The molecule has 6 heteroatoms. The van der Waals surface area contributed by atoms with Crippen molar-refractivity contribution in [1.29, 1.82) is 0 Å². The normalized spacial score (nSPS) is 15.8. The van der Waals surface area contributed by atoms with Gasteiger partial charge in [-0.3, -0.25) is 9.59 Å². The van der Waals surface area contributed by atoms with Gasteiger partial charge in [-0.2, -0.15) is 0 Å². The maximum atomic E-state index is 13.6. The van der Waals surface area contributed by atoms with Gasteiger partial charge in [0.25, 0.3) is 0 Å². The number of phenolic OH excluding ortho intramolecular Hbond substituents is 1. The molecule has 4 aromatic rings. The standard InChI is InChI=1S/C34H32N2O4/c1-22-3-7-25(8-4-22)20-35-31(38)18-12-24-11-17-30-29(19-24)32(33(40-30)27-13-15-28(37)16-14-27)34(39)36-21-26-9-5-23(2)6-10-26/h3-19,32-33,37H,20-21H2,1-2H3,(H,35,38)(H,36,39)/b18-12+/t32-,33+/m1/s1. The smallest absolute Gasteiger partial charge is 0.244 e. The Hall–Kier alpha value is -4.84. The van der Waals surface area contributed by atoms with Crippen LogP contribution in [0, 0.1) is 13.8 Å². The number of benzene rings is 4. The van der Waals surface area contributed by atoms with Gasteiger partial charge in [0.05, 0.1) is 0 Å². The van der Waals surface area contributed by atoms with Crippen molar-refractivity contribution in [3.05, 3.63) is 136 Å². The molecule has 0 spiro atoms. The van der Waals surface area contributed by atoms with E-state index in [2.05, 4.69) is 10.6 Å². The number of hydrogen-bond donors (Lipinski definition) is 3. The highest BCUT2D eigenvalue weighted by Gasteiger charge is 2.40. The third kappa shape index (κ3) is 6.41. The summed E-state index contributed by atoms with van der Waals surface area (Å²) >= 11 is 0. The molecule has 40 heavy (non-hydrogen) atoms. The van der Waals surface area contributed by atoms with E-state index in [-0.39, 0.29) is 17.6 Å². The van der Waals surface area contributed by atoms with Crippen LogP contribution in [0.1, 0.15) is 51.0 Å². The Balaban J connectivity index is 1.33. The fraction of sp³-hybridized carbons (Fsp3) is 0.176. The molecule has 202 valence electrons. The molecule has 6 nitrogen and oxygen atoms in total. The van der Waals surface area contributed by atoms with Crippen LogP contribution in [-0.2, 0) is 22.7 Å². The summed E-state index contributed by atoms with van der Waals surface area (Å²) in [7, 11) is 0. The molecular weight excluding hydrogens is 500 g/mol. The van der Waals surface area contributed by atoms with Gasteiger partial charge in [0.2, 0.25) is 11.8 Å². The van der Waals surface area contributed by atoms with Crippen LogP contribution in [0.5, 0.6) is 11.5 Å². The summed E-state index contributed by atoms with van der Waals surface area (Å²) < 4.78 is 6.27. The highest BCUT2D eigenvalue weighted by atomic mass is 16.5. The Morgan fingerprint density at radius 2 is 1.40 bits per heavy atom. The molecule has 1 heterocycles. The van der Waals surface area contributed by atoms with Gasteiger partial charge in [-0.05, 0) is 66.4 Å². The van der Waals surface area contributed by atoms with Gasteiger partial charge in [0, 0.05) is 24.7 Å². The average Bonchev–Trinajstić information content (AvgIpc) is 3.34. The number of hydrogen-bond acceptors (Lipinski definition) is 4. The van der Waals surface area contributed by atoms with Crippen molar-refractivity contribution in [2.45, 2.75) is 39.0 Å². The molecule has 0 fully saturated rings. The van der Waals surface area contributed by atoms with Crippen molar-refractivity contribution in [1.82, 2.24) is 10.6 Å². The summed E-state index contributed by atoms with van der Waals surface area (Å²) in [4.78, 5) is 26.1. The van der Waals surface area contributed by atoms with Crippen LogP contribution in [0.25, 0.3) is 6.08 Å². The van der Waals surface area contributed by atoms with E-state index in [4.69, 9.17) is 4.74 Å². The van der Waals surface area contributed by atoms with E-state index >= 15 is 0 Å². The van der Waals surface area contributed by atoms with Gasteiger partial charge < -0.3 is 20.5 Å². The summed E-state index contributed by atoms with van der Waals surface area (Å²) in [6.45, 7) is 4.89. The summed E-state index contributed by atoms with van der Waals surface area (Å²) in [6, 6.07) is 28.4. The minimum atomic E-state index is -0.603. The topological polar surface area (TPSA) is 87.7 Å². The number of fused-ring (bicyclic) bond motifs is 1. The molecule has 0 aliphatic carbocycles. The van der Waals surface area contributed by atoms with Gasteiger partial charge in [0.15, 0.2) is 0 Å². The van der Waals surface area contributed by atoms with E-state index in [0.717, 1.165) is 33.4 Å². The lowest BCUT2D eigenvalue weighted by molar-refractivity contribution is -0.124. The lowest BCUT2D eigenvalue weighted by Gasteiger charge is -2.19. The first kappa shape index (κ1) is 26.8. The van der Waals surface area contributed by atoms with Crippen LogP contribution in [0.15, 0.2) is 97.1 Å². The molecule has 0 saturated heterocycles. The van der Waals surface area contributed by atoms with E-state index in [1.165, 1.54) is 11.6 Å². The second kappa shape index (κ2) is 11.9. The van der Waals surface area contributed by atoms with Gasteiger partial charge in [-0.1, -0.05) is 77.9 Å². The van der Waals surface area contributed by atoms with Gasteiger partial charge in [-0.15, -0.1) is 0 Å². The zero-order valence-electron chi connectivity index (χ0n) is 22.6. The highest BCUT2D eigenvalue weighted by molar-refractivity contribution is 5.92. The Morgan fingerprint density at radius 1 is 0.800 bits per heavy atom. The van der Waals surface area contributed by atoms with Crippen molar-refractivity contribution in [2.75, 3.05) is 0 Å². The first-order valence-electron chi connectivity index (χ1n) is 13.3. The van der Waals surface area contributed by atoms with Gasteiger partial charge in [0.1, 0.15) is 23.5 Å². The predicted octanol–water partition coefficient (Wildman–Crippen LogP) is 5.87. The quantitative estimate of drug-likeness (QED) is 0.248. The molecular formula is C34H32N2O4. The maximum Gasteiger partial charge on any atom is 0.244 e. The molecule has 0 saturated carbocycles. The summed E-state index contributed by atoms with van der Waals surface area (Å²) in [5, 5.41) is 15.7. The van der Waals surface area contributed by atoms with Crippen LogP contribution >= 0.6 is 0 Å². The van der Waals surface area contributed by atoms with Gasteiger partial charge >= 0.3 is 0 Å². The number of amides is 2. The summed E-state index contributed by atoms with van der Waals surface area (Å²) in [5.74, 6) is -0.197. The second-order valence-corrected chi connectivity index (χ2v) is 10.1. The lowest BCUT2D eigenvalue weighted by atomic mass is 9.89. The maximum absolute atomic E-state index is 13.6. The molecule has 4 aromatic carbocycles. The number of carbonyl (C=O) groups is 2. The van der Waals surface area contributed by atoms with Crippen molar-refractivity contribution >= 4 is 17.9 Å². The van der Waals surface area contributed by atoms with E-state index in [1.807, 2.05) is 80.6 Å². The van der Waals surface area contributed by atoms with Crippen molar-refractivity contribution < 1.29 is 19.4 Å². The number of aryl methyl sites for hydroxylation is 2. The summed E-state index contributed by atoms with van der Waals surface area (Å²) in [6.07, 6.45) is 2.68. The molecule has 0 aromatic heterocycles. The van der Waals surface area contributed by atoms with Gasteiger partial charge in [-0.25, -0.2) is 0 Å². The zero-order chi connectivity index (χ0) is 28.1. The first-order chi connectivity index (χ1) is 19.4. The number of phenols is 1. The molecule has 1 aliphatic rings. The first-order valence-corrected chi connectivity index (χ1v) is 13.3. The number of carbonyl (C=O) groups excluding carboxylic acids is 2. The zero-order valence-corrected chi connectivity index (χ0v) is 22.6. The number of aromatic hydroxyl groups is 1. The van der Waals surface area contributed by atoms with E-state index < -0.39 is 12.0 Å². The Bertz CT molecular complexity index is 1520. The predicted molar refractivity (Wildman–Crippen MR) is 156 cm³/mol. The van der Waals surface area contributed by atoms with Crippen molar-refractivity contribution in [2.24, 2.45) is 0 Å². The number of rotatable bonds is 8. The fourth-order valence-corrected chi connectivity index (χ4v) is 4.72. The SMILES string of the molecule is Cc1ccc(CNC(=O)/C=C/c2ccc3c(c2)[C@@H](C(=O)NCc2ccc(C)cc2)[C@H](c2ccc(O)cc2)O3)cc1. The number of nitrogens with one attached hydrogen (secondary N) is 2. The molecule has 0 bridgehead atoms. The van der Waals surface area contributed by atoms with E-state index in [1.54, 1.807) is 30.3 Å². The Labute approximate surface area is 234 Å². The average molecular weight is 533 g/mol. The lowest BCUT2D eigenvalue weighted by Crippen LogP contribution is -2.31. The third-order valence-electron chi connectivity index (χ3n) is 7.03. The number of ether oxygens (including phenoxy) is 1. The largest absolute Gasteiger partial charge is 0.508 e. The van der Waals surface area contributed by atoms with E-state index in [0.29, 0.717) is 18.8 Å². The van der Waals surface area contributed by atoms with E-state index in [9.17, 15) is 14.7 Å². The van der Waals surface area contributed by atoms with Crippen LogP contribution in [0.3, 0.4) is 0 Å². The fourth-order valence-electron chi connectivity index (χ4n) is 4.72. The molecule has 2 atom stereocenters. The van der Waals surface area contributed by atoms with Crippen LogP contribution in [0.2, 0.25) is 0 Å². The second-order valence-electron chi connectivity index (χ2n) is 10.1. The Kier molecular flexibility index (Phi) is 7.97. The van der Waals surface area contributed by atoms with Crippen molar-refractivity contribution in [3.8, 4) is 11.5 Å². The van der Waals surface area contributed by atoms with Crippen LogP contribution < -0.4 is 15.4 Å². The Morgan fingerprint density at radius 3 is 2.02 bits per heavy atom. The molecule has 5 rings (SSSR count). The minimum Gasteiger partial charge on any atom is -0.508 e. The molecule has 0 radical (unpaired) electrons. The van der Waals surface area contributed by atoms with Crippen molar-refractivity contribution in [3.63, 3.8) is 0 Å². The molecule has 2 amide bonds. The third-order valence-corrected chi connectivity index (χ3v) is 7.03. The van der Waals surface area contributed by atoms with Crippen LogP contribution in [-0.4, -0.2) is 16.9 Å². The molecule has 0 unspecified atom stereocenters.